The van der Waals surface area contributed by atoms with Crippen LogP contribution < -0.4 is 10.2 Å². The van der Waals surface area contributed by atoms with Crippen molar-refractivity contribution in [3.63, 3.8) is 0 Å². The fourth-order valence-electron chi connectivity index (χ4n) is 8.63. The number of hydrogen-bond acceptors (Lipinski definition) is 10. The number of carbonyl (C=O) groups is 4. The molecule has 0 saturated heterocycles. The van der Waals surface area contributed by atoms with Gasteiger partial charge >= 0.3 is 24.3 Å². The van der Waals surface area contributed by atoms with Crippen molar-refractivity contribution in [3.8, 4) is 0 Å². The molecule has 0 bridgehead atoms. The average molecular weight is 1010 g/mol. The molecule has 69 heavy (non-hydrogen) atoms. The topological polar surface area (TPSA) is 173 Å². The van der Waals surface area contributed by atoms with Gasteiger partial charge in [0.2, 0.25) is 12.1 Å². The Kier molecular flexibility index (Phi) is 45.0. The van der Waals surface area contributed by atoms with E-state index in [2.05, 4.69) is 27.9 Å². The number of nitrogens with zero attached hydrogens (tertiary/aromatic N) is 2. The van der Waals surface area contributed by atoms with E-state index in [1.165, 1.54) is 168 Å². The van der Waals surface area contributed by atoms with Gasteiger partial charge in [-0.05, 0) is 44.9 Å². The lowest BCUT2D eigenvalue weighted by Crippen LogP contribution is -2.59. The Balaban J connectivity index is -0.00000267. The van der Waals surface area contributed by atoms with E-state index in [1.807, 2.05) is 0 Å². The van der Waals surface area contributed by atoms with Crippen molar-refractivity contribution in [3.05, 3.63) is 0 Å². The van der Waals surface area contributed by atoms with E-state index in [1.54, 1.807) is 0 Å². The van der Waals surface area contributed by atoms with E-state index in [-0.39, 0.29) is 25.2 Å². The number of halogens is 6. The minimum Gasteiger partial charge on any atom is -0.542 e. The first-order chi connectivity index (χ1) is 32.6. The maximum Gasteiger partial charge on any atom is 0.430 e. The van der Waals surface area contributed by atoms with Crippen molar-refractivity contribution >= 4 is 23.9 Å². The Morgan fingerprint density at radius 2 is 0.565 bits per heavy atom. The molecule has 0 fully saturated rings. The summed E-state index contributed by atoms with van der Waals surface area (Å²) < 4.78 is 74.4. The molecule has 0 amide bonds. The standard InChI is InChI=1S/C47H96N2O6.2C2HF3O2/c1-7-9-11-13-15-17-19-21-23-25-27-29-31-34-38-48(3,44(42-50)46(52)54-5)40-36-33-37-41-49(4,45(43-51)47(53)55-6)39-35-32-30-28-26-24-22-20-18-16-14-12-10-8-2;2*3-2(4,5)1(6)7/h44-45,50-51H,7-43H2,1-6H3;2*(H,6,7)/q+2;;/p-2/t44-,45-,48?,49?;;/m0../s1. The third-order valence-electron chi connectivity index (χ3n) is 13.1. The molecule has 412 valence electrons. The van der Waals surface area contributed by atoms with E-state index < -0.39 is 36.4 Å². The zero-order valence-electron chi connectivity index (χ0n) is 43.6. The molecule has 0 aliphatic carbocycles. The van der Waals surface area contributed by atoms with Gasteiger partial charge in [0.1, 0.15) is 25.2 Å². The van der Waals surface area contributed by atoms with Gasteiger partial charge in [-0.25, -0.2) is 9.59 Å². The molecule has 0 aliphatic heterocycles. The normalized spacial score (nSPS) is 14.2. The summed E-state index contributed by atoms with van der Waals surface area (Å²) in [5.41, 5.74) is 0. The number of carboxylic acid groups (broad SMARTS) is 2. The van der Waals surface area contributed by atoms with Gasteiger partial charge < -0.3 is 48.5 Å². The molecule has 0 aromatic carbocycles. The van der Waals surface area contributed by atoms with Crippen molar-refractivity contribution in [1.82, 2.24) is 0 Å². The number of methoxy groups -OCH3 is 2. The Bertz CT molecular complexity index is 1170. The minimum atomic E-state index is -5.19. The molecule has 18 heteroatoms. The van der Waals surface area contributed by atoms with Crippen LogP contribution in [0.4, 0.5) is 26.3 Å². The summed E-state index contributed by atoms with van der Waals surface area (Å²) in [4.78, 5) is 43.1. The number of likely N-dealkylation sites (N-methyl/N-ethyl adjacent to an activating group) is 2. The molecule has 0 radical (unpaired) electrons. The summed E-state index contributed by atoms with van der Waals surface area (Å²) in [5, 5.41) is 38.1. The molecule has 0 aromatic rings. The van der Waals surface area contributed by atoms with Crippen molar-refractivity contribution < 1.29 is 84.4 Å². The van der Waals surface area contributed by atoms with Gasteiger partial charge in [0.25, 0.3) is 0 Å². The van der Waals surface area contributed by atoms with Crippen LogP contribution in [0.5, 0.6) is 0 Å². The molecule has 12 nitrogen and oxygen atoms in total. The number of aliphatic carboxylic acids is 2. The molecule has 0 heterocycles. The lowest BCUT2D eigenvalue weighted by molar-refractivity contribution is -0.928. The number of rotatable bonds is 42. The smallest absolute Gasteiger partial charge is 0.430 e. The predicted octanol–water partition coefficient (Wildman–Crippen LogP) is 9.68. The molecule has 0 saturated carbocycles. The van der Waals surface area contributed by atoms with Gasteiger partial charge in [-0.2, -0.15) is 26.3 Å². The van der Waals surface area contributed by atoms with Crippen LogP contribution in [-0.4, -0.2) is 135 Å². The Hall–Kier alpha value is -2.70. The highest BCUT2D eigenvalue weighted by atomic mass is 19.4. The fourth-order valence-corrected chi connectivity index (χ4v) is 8.63. The molecular formula is C51H96F6N2O10. The largest absolute Gasteiger partial charge is 0.542 e. The second-order valence-electron chi connectivity index (χ2n) is 19.1. The average Bonchev–Trinajstić information content (AvgIpc) is 3.29. The summed E-state index contributed by atoms with van der Waals surface area (Å²) in [6.45, 7) is 7.40. The Morgan fingerprint density at radius 1 is 0.406 bits per heavy atom. The zero-order valence-corrected chi connectivity index (χ0v) is 43.6. The van der Waals surface area contributed by atoms with E-state index in [4.69, 9.17) is 29.3 Å². The van der Waals surface area contributed by atoms with Crippen LogP contribution >= 0.6 is 0 Å². The monoisotopic (exact) mass is 1010 g/mol. The van der Waals surface area contributed by atoms with Crippen molar-refractivity contribution in [1.29, 1.82) is 0 Å². The number of alkyl halides is 6. The maximum absolute atomic E-state index is 12.8. The predicted molar refractivity (Wildman–Crippen MR) is 254 cm³/mol. The highest BCUT2D eigenvalue weighted by Crippen LogP contribution is 2.22. The number of esters is 2. The van der Waals surface area contributed by atoms with Crippen LogP contribution in [0.15, 0.2) is 0 Å². The van der Waals surface area contributed by atoms with Gasteiger partial charge in [-0.15, -0.1) is 0 Å². The first-order valence-corrected chi connectivity index (χ1v) is 26.2. The van der Waals surface area contributed by atoms with Crippen LogP contribution in [0.25, 0.3) is 0 Å². The van der Waals surface area contributed by atoms with Crippen LogP contribution in [0.2, 0.25) is 0 Å². The van der Waals surface area contributed by atoms with Gasteiger partial charge in [-0.1, -0.05) is 168 Å². The molecular weight excluding hydrogens is 915 g/mol. The zero-order chi connectivity index (χ0) is 53.0. The lowest BCUT2D eigenvalue weighted by Gasteiger charge is -2.40. The van der Waals surface area contributed by atoms with Crippen molar-refractivity contribution in [2.45, 2.75) is 237 Å². The summed E-state index contributed by atoms with van der Waals surface area (Å²) in [6.07, 6.45) is 29.1. The first-order valence-electron chi connectivity index (χ1n) is 26.2. The number of unbranched alkanes of at least 4 members (excludes halogenated alkanes) is 28. The number of ether oxygens (including phenoxy) is 2. The van der Waals surface area contributed by atoms with Crippen LogP contribution in [0.1, 0.15) is 213 Å². The first kappa shape index (κ1) is 70.6. The number of carbonyl (C=O) groups excluding carboxylic acids is 4. The molecule has 0 rings (SSSR count). The van der Waals surface area contributed by atoms with E-state index in [0.29, 0.717) is 8.97 Å². The SMILES string of the molecule is CCCCCCCCCCCCCCCC[N+](C)(CCCCC[N+](C)(CCCCCCCCCCCCCCCC)[C@@H](CO)C(=O)OC)[C@@H](CO)C(=O)OC.O=C([O-])C(F)(F)F.O=C([O-])C(F)(F)F. The Morgan fingerprint density at radius 3 is 0.710 bits per heavy atom. The molecule has 0 spiro atoms. The number of aliphatic hydroxyl groups excluding tert-OH is 2. The van der Waals surface area contributed by atoms with Crippen LogP contribution in [-0.2, 0) is 28.7 Å². The second-order valence-corrected chi connectivity index (χ2v) is 19.1. The van der Waals surface area contributed by atoms with Crippen molar-refractivity contribution in [2.75, 3.05) is 67.7 Å². The van der Waals surface area contributed by atoms with E-state index >= 15 is 0 Å². The summed E-state index contributed by atoms with van der Waals surface area (Å²) in [6, 6.07) is -1.15. The third kappa shape index (κ3) is 39.6. The van der Waals surface area contributed by atoms with Crippen LogP contribution in [0.3, 0.4) is 0 Å². The van der Waals surface area contributed by atoms with Crippen LogP contribution in [0, 0.1) is 0 Å². The highest BCUT2D eigenvalue weighted by molar-refractivity contribution is 5.75. The number of carboxylic acids is 2. The lowest BCUT2D eigenvalue weighted by atomic mass is 10.0. The fraction of sp³-hybridized carbons (Fsp3) is 0.922. The molecule has 4 atom stereocenters. The third-order valence-corrected chi connectivity index (χ3v) is 13.1. The number of quaternary nitrogens is 2. The Labute approximate surface area is 412 Å². The van der Waals surface area contributed by atoms with E-state index in [9.17, 15) is 46.1 Å². The van der Waals surface area contributed by atoms with Gasteiger partial charge in [0, 0.05) is 0 Å². The summed E-state index contributed by atoms with van der Waals surface area (Å²) in [5.74, 6) is -6.69. The number of hydrogen-bond donors (Lipinski definition) is 2. The van der Waals surface area contributed by atoms with Gasteiger partial charge in [-0.3, -0.25) is 0 Å². The quantitative estimate of drug-likeness (QED) is 0.0260. The summed E-state index contributed by atoms with van der Waals surface area (Å²) in [7, 11) is 7.04. The van der Waals surface area contributed by atoms with Crippen molar-refractivity contribution in [2.24, 2.45) is 0 Å². The molecule has 0 aliphatic rings. The van der Waals surface area contributed by atoms with Gasteiger partial charge in [0.05, 0.1) is 54.5 Å². The number of aliphatic hydroxyl groups is 2. The van der Waals surface area contributed by atoms with Gasteiger partial charge in [0.15, 0.2) is 0 Å². The molecule has 2 N–H and O–H groups in total. The summed E-state index contributed by atoms with van der Waals surface area (Å²) >= 11 is 0. The molecule has 0 aromatic heterocycles. The second kappa shape index (κ2) is 44.0. The highest BCUT2D eigenvalue weighted by Gasteiger charge is 2.40. The molecule has 2 unspecified atom stereocenters. The minimum absolute atomic E-state index is 0.215. The maximum atomic E-state index is 12.8. The van der Waals surface area contributed by atoms with E-state index in [0.717, 1.165) is 71.1 Å².